The molecular formula is C23H16Br2N4O2. The van der Waals surface area contributed by atoms with E-state index in [1.807, 2.05) is 72.8 Å². The number of rotatable bonds is 2. The highest BCUT2D eigenvalue weighted by Crippen LogP contribution is 2.18. The summed E-state index contributed by atoms with van der Waals surface area (Å²) in [5, 5.41) is 13.5. The molecule has 0 fully saturated rings. The monoisotopic (exact) mass is 538 g/mol. The van der Waals surface area contributed by atoms with Gasteiger partial charge in [-0.05, 0) is 49.6 Å². The van der Waals surface area contributed by atoms with Crippen molar-refractivity contribution in [1.82, 2.24) is 20.0 Å². The zero-order valence-corrected chi connectivity index (χ0v) is 19.3. The first-order valence-electron chi connectivity index (χ1n) is 9.37. The third kappa shape index (κ3) is 4.65. The number of H-pyrrole nitrogens is 1. The predicted octanol–water partition coefficient (Wildman–Crippen LogP) is 4.89. The summed E-state index contributed by atoms with van der Waals surface area (Å²) in [5.74, 6) is 0. The first kappa shape index (κ1) is 21.1. The Kier molecular flexibility index (Phi) is 6.39. The summed E-state index contributed by atoms with van der Waals surface area (Å²) in [4.78, 5) is 23.6. The second-order valence-corrected chi connectivity index (χ2v) is 8.18. The Morgan fingerprint density at radius 3 is 1.90 bits per heavy atom. The minimum absolute atomic E-state index is 0.0670. The fraction of sp³-hybridized carbons (Fsp3) is 0.0435. The second kappa shape index (κ2) is 9.36. The number of hydrogen-bond acceptors (Lipinski definition) is 4. The van der Waals surface area contributed by atoms with E-state index >= 15 is 0 Å². The average Bonchev–Trinajstić information content (AvgIpc) is 2.81. The van der Waals surface area contributed by atoms with Crippen molar-refractivity contribution in [3.8, 4) is 0 Å². The molecule has 2 aromatic heterocycles. The molecule has 0 saturated carbocycles. The van der Waals surface area contributed by atoms with Crippen molar-refractivity contribution < 1.29 is 0 Å². The molecule has 0 amide bonds. The second-order valence-electron chi connectivity index (χ2n) is 6.67. The van der Waals surface area contributed by atoms with Crippen molar-refractivity contribution in [2.24, 2.45) is 0 Å². The molecule has 0 unspecified atom stereocenters. The number of hydrogen-bond donors (Lipinski definition) is 1. The summed E-state index contributed by atoms with van der Waals surface area (Å²) >= 11 is 6.67. The standard InChI is InChI=1S/C15H11BrN2O.C8H5BrN2O/c16-14-12-8-4-5-9-13(12)15(19)18(17-14)10-11-6-2-1-3-7-11;9-7-5-3-1-2-4-6(5)8(12)11-10-7/h1-9H,10H2;1-4H,(H,11,12). The molecule has 31 heavy (non-hydrogen) atoms. The molecule has 3 aromatic carbocycles. The first-order chi connectivity index (χ1) is 15.0. The van der Waals surface area contributed by atoms with Crippen LogP contribution >= 0.6 is 31.9 Å². The van der Waals surface area contributed by atoms with Crippen LogP contribution < -0.4 is 11.1 Å². The summed E-state index contributed by atoms with van der Waals surface area (Å²) < 4.78 is 2.85. The van der Waals surface area contributed by atoms with Gasteiger partial charge in [-0.15, -0.1) is 0 Å². The van der Waals surface area contributed by atoms with Crippen LogP contribution in [0.4, 0.5) is 0 Å². The maximum atomic E-state index is 12.4. The lowest BCUT2D eigenvalue weighted by molar-refractivity contribution is 0.640. The Morgan fingerprint density at radius 2 is 1.26 bits per heavy atom. The van der Waals surface area contributed by atoms with E-state index in [9.17, 15) is 9.59 Å². The van der Waals surface area contributed by atoms with E-state index in [-0.39, 0.29) is 11.1 Å². The lowest BCUT2D eigenvalue weighted by Crippen LogP contribution is -2.23. The molecule has 5 rings (SSSR count). The van der Waals surface area contributed by atoms with Crippen molar-refractivity contribution in [3.05, 3.63) is 114 Å². The van der Waals surface area contributed by atoms with Crippen molar-refractivity contribution in [3.63, 3.8) is 0 Å². The fourth-order valence-corrected chi connectivity index (χ4v) is 4.11. The van der Waals surface area contributed by atoms with Gasteiger partial charge in [0, 0.05) is 10.8 Å². The summed E-state index contributed by atoms with van der Waals surface area (Å²) in [6.07, 6.45) is 0. The first-order valence-corrected chi connectivity index (χ1v) is 11.0. The molecule has 2 heterocycles. The molecule has 0 atom stereocenters. The largest absolute Gasteiger partial charge is 0.275 e. The average molecular weight is 540 g/mol. The fourth-order valence-electron chi connectivity index (χ4n) is 3.14. The van der Waals surface area contributed by atoms with E-state index in [1.54, 1.807) is 6.07 Å². The molecule has 0 radical (unpaired) electrons. The summed E-state index contributed by atoms with van der Waals surface area (Å²) in [6.45, 7) is 0.475. The minimum atomic E-state index is -0.159. The van der Waals surface area contributed by atoms with Crippen LogP contribution in [0.3, 0.4) is 0 Å². The van der Waals surface area contributed by atoms with E-state index in [1.165, 1.54) is 4.68 Å². The van der Waals surface area contributed by atoms with Gasteiger partial charge >= 0.3 is 0 Å². The Balaban J connectivity index is 0.000000166. The molecule has 154 valence electrons. The molecule has 1 N–H and O–H groups in total. The summed E-state index contributed by atoms with van der Waals surface area (Å²) in [5.41, 5.74) is 0.829. The van der Waals surface area contributed by atoms with Gasteiger partial charge < -0.3 is 0 Å². The van der Waals surface area contributed by atoms with E-state index in [0.717, 1.165) is 16.3 Å². The number of halogens is 2. The molecule has 5 aromatic rings. The molecule has 0 bridgehead atoms. The third-order valence-electron chi connectivity index (χ3n) is 4.65. The van der Waals surface area contributed by atoms with Crippen LogP contribution in [0.1, 0.15) is 5.56 Å². The molecule has 6 nitrogen and oxygen atoms in total. The maximum absolute atomic E-state index is 12.4. The number of benzene rings is 3. The molecule has 0 saturated heterocycles. The molecule has 0 spiro atoms. The number of nitrogens with one attached hydrogen (secondary N) is 1. The zero-order valence-electron chi connectivity index (χ0n) is 16.1. The van der Waals surface area contributed by atoms with Crippen molar-refractivity contribution in [2.45, 2.75) is 6.54 Å². The van der Waals surface area contributed by atoms with Crippen molar-refractivity contribution in [1.29, 1.82) is 0 Å². The van der Waals surface area contributed by atoms with Gasteiger partial charge in [-0.2, -0.15) is 10.2 Å². The van der Waals surface area contributed by atoms with E-state index in [2.05, 4.69) is 47.2 Å². The highest BCUT2D eigenvalue weighted by Gasteiger charge is 2.08. The summed E-state index contributed by atoms with van der Waals surface area (Å²) in [6, 6.07) is 24.6. The lowest BCUT2D eigenvalue weighted by Gasteiger charge is -2.07. The number of fused-ring (bicyclic) bond motifs is 2. The molecule has 0 aliphatic carbocycles. The van der Waals surface area contributed by atoms with Gasteiger partial charge in [-0.25, -0.2) is 9.78 Å². The topological polar surface area (TPSA) is 80.6 Å². The van der Waals surface area contributed by atoms with Gasteiger partial charge in [-0.3, -0.25) is 9.59 Å². The Bertz CT molecular complexity index is 1480. The van der Waals surface area contributed by atoms with Gasteiger partial charge in [0.1, 0.15) is 9.21 Å². The van der Waals surface area contributed by atoms with Crippen LogP contribution in [0.2, 0.25) is 0 Å². The van der Waals surface area contributed by atoms with Crippen molar-refractivity contribution in [2.75, 3.05) is 0 Å². The minimum Gasteiger partial charge on any atom is -0.267 e. The Labute approximate surface area is 193 Å². The summed E-state index contributed by atoms with van der Waals surface area (Å²) in [7, 11) is 0. The van der Waals surface area contributed by atoms with E-state index in [0.29, 0.717) is 26.5 Å². The quantitative estimate of drug-likeness (QED) is 0.346. The molecule has 8 heteroatoms. The predicted molar refractivity (Wildman–Crippen MR) is 129 cm³/mol. The van der Waals surface area contributed by atoms with Gasteiger partial charge in [0.2, 0.25) is 0 Å². The highest BCUT2D eigenvalue weighted by molar-refractivity contribution is 9.10. The molecule has 0 aliphatic rings. The zero-order chi connectivity index (χ0) is 21.8. The lowest BCUT2D eigenvalue weighted by atomic mass is 10.2. The van der Waals surface area contributed by atoms with Crippen LogP contribution in [0, 0.1) is 0 Å². The van der Waals surface area contributed by atoms with E-state index < -0.39 is 0 Å². The van der Waals surface area contributed by atoms with Gasteiger partial charge in [0.25, 0.3) is 11.1 Å². The molecule has 0 aliphatic heterocycles. The van der Waals surface area contributed by atoms with Gasteiger partial charge in [0.05, 0.1) is 17.3 Å². The number of aromatic nitrogens is 4. The Morgan fingerprint density at radius 1 is 0.710 bits per heavy atom. The van der Waals surface area contributed by atoms with Crippen LogP contribution in [0.5, 0.6) is 0 Å². The maximum Gasteiger partial charge on any atom is 0.275 e. The van der Waals surface area contributed by atoms with Crippen LogP contribution in [0.15, 0.2) is 97.7 Å². The van der Waals surface area contributed by atoms with Crippen LogP contribution in [0.25, 0.3) is 21.5 Å². The number of aromatic amines is 1. The highest BCUT2D eigenvalue weighted by atomic mass is 79.9. The third-order valence-corrected chi connectivity index (χ3v) is 5.84. The van der Waals surface area contributed by atoms with Crippen LogP contribution in [-0.2, 0) is 6.54 Å². The SMILES string of the molecule is O=c1[nH]nc(Br)c2ccccc12.O=c1c2ccccc2c(Br)nn1Cc1ccccc1. The molecular weight excluding hydrogens is 524 g/mol. The number of nitrogens with zero attached hydrogens (tertiary/aromatic N) is 3. The van der Waals surface area contributed by atoms with Crippen LogP contribution in [-0.4, -0.2) is 20.0 Å². The normalized spacial score (nSPS) is 10.6. The van der Waals surface area contributed by atoms with Gasteiger partial charge in [0.15, 0.2) is 0 Å². The van der Waals surface area contributed by atoms with Gasteiger partial charge in [-0.1, -0.05) is 66.7 Å². The van der Waals surface area contributed by atoms with Crippen molar-refractivity contribution >= 4 is 53.4 Å². The van der Waals surface area contributed by atoms with E-state index in [4.69, 9.17) is 0 Å². The smallest absolute Gasteiger partial charge is 0.267 e. The Hall–Kier alpha value is -3.10.